The van der Waals surface area contributed by atoms with E-state index in [4.69, 9.17) is 0 Å². The molecule has 1 aliphatic heterocycles. The first kappa shape index (κ1) is 22.3. The van der Waals surface area contributed by atoms with E-state index in [0.717, 1.165) is 0 Å². The topological polar surface area (TPSA) is 124 Å². The number of carbonyl (C=O) groups is 2. The Hall–Kier alpha value is -3.88. The Morgan fingerprint density at radius 2 is 1.55 bits per heavy atom. The molecule has 0 aromatic heterocycles. The van der Waals surface area contributed by atoms with Gasteiger partial charge >= 0.3 is 0 Å². The van der Waals surface area contributed by atoms with Crippen molar-refractivity contribution in [1.82, 2.24) is 0 Å². The summed E-state index contributed by atoms with van der Waals surface area (Å²) in [4.78, 5) is 49.7. The first-order valence-electron chi connectivity index (χ1n) is 10.6. The van der Waals surface area contributed by atoms with Gasteiger partial charge in [0.1, 0.15) is 0 Å². The lowest BCUT2D eigenvalue weighted by Gasteiger charge is -2.43. The fraction of sp³-hybridized carbons (Fsp3) is 0.333. The molecule has 9 nitrogen and oxygen atoms in total. The third kappa shape index (κ3) is 4.02. The van der Waals surface area contributed by atoms with Crippen LogP contribution in [0.4, 0.5) is 17.1 Å². The van der Waals surface area contributed by atoms with Crippen LogP contribution in [0.1, 0.15) is 50.2 Å². The number of non-ortho nitro benzene ring substituents is 2. The van der Waals surface area contributed by atoms with Crippen LogP contribution in [-0.2, 0) is 9.59 Å². The average molecular weight is 449 g/mol. The zero-order valence-electron chi connectivity index (χ0n) is 18.5. The Morgan fingerprint density at radius 3 is 2.15 bits per heavy atom. The number of carbonyl (C=O) groups excluding carboxylic acids is 2. The van der Waals surface area contributed by atoms with Crippen LogP contribution in [-0.4, -0.2) is 21.5 Å². The summed E-state index contributed by atoms with van der Waals surface area (Å²) in [6.45, 7) is 5.67. The van der Waals surface area contributed by atoms with Crippen molar-refractivity contribution in [1.29, 1.82) is 0 Å². The lowest BCUT2D eigenvalue weighted by molar-refractivity contribution is -0.385. The molecule has 0 saturated heterocycles. The highest BCUT2D eigenvalue weighted by Crippen LogP contribution is 2.49. The Balaban J connectivity index is 1.90. The maximum Gasteiger partial charge on any atom is 0.271 e. The van der Waals surface area contributed by atoms with Crippen LogP contribution in [0.2, 0.25) is 0 Å². The normalized spacial score (nSPS) is 20.0. The first-order chi connectivity index (χ1) is 15.5. The van der Waals surface area contributed by atoms with Gasteiger partial charge in [-0.15, -0.1) is 0 Å². The van der Waals surface area contributed by atoms with E-state index in [1.54, 1.807) is 25.1 Å². The minimum absolute atomic E-state index is 0.00898. The van der Waals surface area contributed by atoms with Crippen LogP contribution in [0.25, 0.3) is 0 Å². The number of amides is 1. The maximum atomic E-state index is 13.5. The number of aryl methyl sites for hydroxylation is 1. The number of anilines is 1. The van der Waals surface area contributed by atoms with E-state index in [1.165, 1.54) is 29.2 Å². The van der Waals surface area contributed by atoms with Crippen LogP contribution < -0.4 is 4.90 Å². The summed E-state index contributed by atoms with van der Waals surface area (Å²) in [6.07, 6.45) is 0.752. The summed E-state index contributed by atoms with van der Waals surface area (Å²) in [5.41, 5.74) is 2.21. The second-order valence-corrected chi connectivity index (χ2v) is 9.36. The zero-order valence-corrected chi connectivity index (χ0v) is 18.5. The Bertz CT molecular complexity index is 1230. The van der Waals surface area contributed by atoms with Gasteiger partial charge in [0.05, 0.1) is 15.5 Å². The van der Waals surface area contributed by atoms with Gasteiger partial charge in [0.25, 0.3) is 11.4 Å². The van der Waals surface area contributed by atoms with Gasteiger partial charge in [0.2, 0.25) is 5.91 Å². The number of hydrogen-bond donors (Lipinski definition) is 0. The minimum Gasteiger partial charge on any atom is -0.294 e. The van der Waals surface area contributed by atoms with Gasteiger partial charge in [0, 0.05) is 54.3 Å². The summed E-state index contributed by atoms with van der Waals surface area (Å²) < 4.78 is 0. The van der Waals surface area contributed by atoms with E-state index in [2.05, 4.69) is 0 Å². The van der Waals surface area contributed by atoms with Crippen LogP contribution in [0, 0.1) is 32.6 Å². The quantitative estimate of drug-likeness (QED) is 0.479. The number of allylic oxidation sites excluding steroid dienone is 2. The van der Waals surface area contributed by atoms with E-state index in [1.807, 2.05) is 13.8 Å². The van der Waals surface area contributed by atoms with E-state index in [-0.39, 0.29) is 34.9 Å². The second-order valence-electron chi connectivity index (χ2n) is 9.36. The van der Waals surface area contributed by atoms with Gasteiger partial charge in [-0.25, -0.2) is 0 Å². The summed E-state index contributed by atoms with van der Waals surface area (Å²) in [7, 11) is 0. The molecule has 0 N–H and O–H groups in total. The molecule has 4 rings (SSSR count). The molecule has 1 atom stereocenters. The first-order valence-corrected chi connectivity index (χ1v) is 10.6. The highest BCUT2D eigenvalue weighted by molar-refractivity contribution is 6.08. The highest BCUT2D eigenvalue weighted by atomic mass is 16.6. The number of rotatable bonds is 4. The molecule has 1 heterocycles. The third-order valence-corrected chi connectivity index (χ3v) is 6.29. The molecule has 0 spiro atoms. The number of Topliss-reactive ketones (excluding diaryl/α,β-unsaturated/α-hetero) is 1. The minimum atomic E-state index is -0.521. The molecular weight excluding hydrogens is 426 g/mol. The number of ketones is 1. The van der Waals surface area contributed by atoms with E-state index in [0.29, 0.717) is 40.9 Å². The van der Waals surface area contributed by atoms with Crippen molar-refractivity contribution >= 4 is 28.8 Å². The van der Waals surface area contributed by atoms with E-state index >= 15 is 0 Å². The summed E-state index contributed by atoms with van der Waals surface area (Å²) >= 11 is 0. The number of benzene rings is 2. The van der Waals surface area contributed by atoms with Gasteiger partial charge < -0.3 is 0 Å². The molecule has 2 aromatic rings. The predicted octanol–water partition coefficient (Wildman–Crippen LogP) is 4.98. The highest BCUT2D eigenvalue weighted by Gasteiger charge is 2.44. The molecule has 0 saturated carbocycles. The summed E-state index contributed by atoms with van der Waals surface area (Å²) in [6, 6.07) is 10.3. The van der Waals surface area contributed by atoms with Crippen molar-refractivity contribution in [2.24, 2.45) is 5.41 Å². The molecule has 0 fully saturated rings. The predicted molar refractivity (Wildman–Crippen MR) is 121 cm³/mol. The lowest BCUT2D eigenvalue weighted by Crippen LogP contribution is -2.44. The standard InChI is InChI=1S/C24H23N3O6/c1-14-4-7-17(27(32)33)10-19(14)25-20-12-24(2,3)13-21(28)23(20)18(11-22(25)29)15-5-8-16(9-6-15)26(30)31/h4-10,18H,11-13H2,1-3H3. The summed E-state index contributed by atoms with van der Waals surface area (Å²) in [5.74, 6) is -0.872. The average Bonchev–Trinajstić information content (AvgIpc) is 2.73. The zero-order chi connectivity index (χ0) is 24.1. The number of nitro groups is 2. The van der Waals surface area contributed by atoms with Gasteiger partial charge in [-0.1, -0.05) is 32.0 Å². The van der Waals surface area contributed by atoms with Crippen molar-refractivity contribution in [3.8, 4) is 0 Å². The third-order valence-electron chi connectivity index (χ3n) is 6.29. The van der Waals surface area contributed by atoms with E-state index < -0.39 is 15.8 Å². The van der Waals surface area contributed by atoms with Gasteiger partial charge in [-0.05, 0) is 29.9 Å². The van der Waals surface area contributed by atoms with Crippen LogP contribution >= 0.6 is 0 Å². The molecule has 170 valence electrons. The molecule has 2 aromatic carbocycles. The molecule has 1 aliphatic carbocycles. The fourth-order valence-corrected chi connectivity index (χ4v) is 4.76. The van der Waals surface area contributed by atoms with Crippen LogP contribution in [0.15, 0.2) is 53.7 Å². The Kier molecular flexibility index (Phi) is 5.35. The fourth-order valence-electron chi connectivity index (χ4n) is 4.76. The van der Waals surface area contributed by atoms with E-state index in [9.17, 15) is 29.8 Å². The molecule has 1 amide bonds. The number of nitro benzene ring substituents is 2. The molecule has 9 heteroatoms. The smallest absolute Gasteiger partial charge is 0.271 e. The van der Waals surface area contributed by atoms with Gasteiger partial charge in [-0.3, -0.25) is 34.7 Å². The van der Waals surface area contributed by atoms with Crippen LogP contribution in [0.5, 0.6) is 0 Å². The molecule has 0 bridgehead atoms. The van der Waals surface area contributed by atoms with Crippen molar-refractivity contribution in [3.63, 3.8) is 0 Å². The number of nitrogens with zero attached hydrogens (tertiary/aromatic N) is 3. The Labute approximate surface area is 190 Å². The molecule has 2 aliphatic rings. The van der Waals surface area contributed by atoms with Gasteiger partial charge in [-0.2, -0.15) is 0 Å². The molecular formula is C24H23N3O6. The largest absolute Gasteiger partial charge is 0.294 e. The number of hydrogen-bond acceptors (Lipinski definition) is 6. The summed E-state index contributed by atoms with van der Waals surface area (Å²) in [5, 5.41) is 22.4. The SMILES string of the molecule is Cc1ccc([N+](=O)[O-])cc1N1C(=O)CC(c2ccc([N+](=O)[O-])cc2)C2=C1CC(C)(C)CC2=O. The van der Waals surface area contributed by atoms with Gasteiger partial charge in [0.15, 0.2) is 5.78 Å². The van der Waals surface area contributed by atoms with Crippen LogP contribution in [0.3, 0.4) is 0 Å². The molecule has 0 radical (unpaired) electrons. The van der Waals surface area contributed by atoms with Crippen molar-refractivity contribution in [2.45, 2.75) is 46.0 Å². The van der Waals surface area contributed by atoms with Crippen molar-refractivity contribution in [3.05, 3.63) is 85.1 Å². The maximum absolute atomic E-state index is 13.5. The Morgan fingerprint density at radius 1 is 0.939 bits per heavy atom. The molecule has 33 heavy (non-hydrogen) atoms. The monoisotopic (exact) mass is 449 g/mol. The second kappa shape index (κ2) is 7.91. The van der Waals surface area contributed by atoms with Crippen molar-refractivity contribution in [2.75, 3.05) is 4.90 Å². The molecule has 1 unspecified atom stereocenters. The lowest BCUT2D eigenvalue weighted by atomic mass is 9.69. The van der Waals surface area contributed by atoms with Crippen molar-refractivity contribution < 1.29 is 19.4 Å².